The summed E-state index contributed by atoms with van der Waals surface area (Å²) in [6.45, 7) is -0.0217. The molecule has 0 saturated heterocycles. The summed E-state index contributed by atoms with van der Waals surface area (Å²) in [6, 6.07) is 24.0. The van der Waals surface area contributed by atoms with Crippen LogP contribution < -0.4 is 15.4 Å². The summed E-state index contributed by atoms with van der Waals surface area (Å²) in [4.78, 5) is 24.5. The molecule has 0 unspecified atom stereocenters. The topological polar surface area (TPSA) is 104 Å². The molecule has 32 heavy (non-hydrogen) atoms. The molecule has 0 aromatic heterocycles. The van der Waals surface area contributed by atoms with Crippen LogP contribution in [-0.4, -0.2) is 33.8 Å². The van der Waals surface area contributed by atoms with Crippen LogP contribution in [0.5, 0.6) is 0 Å². The summed E-state index contributed by atoms with van der Waals surface area (Å²) in [7, 11) is -2.07. The Kier molecular flexibility index (Phi) is 7.75. The molecule has 7 nitrogen and oxygen atoms in total. The normalized spacial score (nSPS) is 11.0. The number of amides is 2. The number of benzene rings is 3. The lowest BCUT2D eigenvalue weighted by Gasteiger charge is -2.11. The Hall–Kier alpha value is -3.49. The zero-order valence-electron chi connectivity index (χ0n) is 17.7. The Balaban J connectivity index is 1.52. The molecule has 2 amide bonds. The molecule has 0 aliphatic heterocycles. The molecule has 0 radical (unpaired) electrons. The molecule has 0 aliphatic carbocycles. The van der Waals surface area contributed by atoms with Gasteiger partial charge in [-0.25, -0.2) is 13.1 Å². The van der Waals surface area contributed by atoms with Crippen molar-refractivity contribution in [2.45, 2.75) is 12.3 Å². The Morgan fingerprint density at radius 2 is 1.34 bits per heavy atom. The number of rotatable bonds is 9. The Morgan fingerprint density at radius 3 is 2.00 bits per heavy atom. The van der Waals surface area contributed by atoms with Gasteiger partial charge >= 0.3 is 0 Å². The smallest absolute Gasteiger partial charge is 0.251 e. The first-order chi connectivity index (χ1) is 15.4. The molecule has 0 heterocycles. The molecule has 3 rings (SSSR count). The summed E-state index contributed by atoms with van der Waals surface area (Å²) in [5.41, 5.74) is 3.81. The predicted octanol–water partition coefficient (Wildman–Crippen LogP) is 2.45. The Bertz CT molecular complexity index is 1180. The van der Waals surface area contributed by atoms with Crippen LogP contribution in [0.4, 0.5) is 0 Å². The van der Waals surface area contributed by atoms with Gasteiger partial charge in [-0.2, -0.15) is 0 Å². The summed E-state index contributed by atoms with van der Waals surface area (Å²) >= 11 is 0. The maximum absolute atomic E-state index is 12.4. The molecule has 0 bridgehead atoms. The van der Waals surface area contributed by atoms with Crippen molar-refractivity contribution in [1.82, 2.24) is 15.4 Å². The van der Waals surface area contributed by atoms with E-state index in [2.05, 4.69) is 15.4 Å². The fraction of sp³-hybridized carbons (Fsp3) is 0.167. The molecule has 0 aliphatic rings. The van der Waals surface area contributed by atoms with Crippen LogP contribution in [0.25, 0.3) is 11.1 Å². The van der Waals surface area contributed by atoms with Crippen LogP contribution in [-0.2, 0) is 27.1 Å². The molecular weight excluding hydrogens is 426 g/mol. The van der Waals surface area contributed by atoms with Crippen molar-refractivity contribution in [3.8, 4) is 11.1 Å². The third-order valence-electron chi connectivity index (χ3n) is 4.91. The first-order valence-corrected chi connectivity index (χ1v) is 11.7. The SMILES string of the molecule is CNS(=O)(=O)Cc1ccccc1CNC(=O)CNC(=O)c1ccc(-c2ccccc2)cc1. The number of hydrogen-bond donors (Lipinski definition) is 3. The third-order valence-corrected chi connectivity index (χ3v) is 6.23. The van der Waals surface area contributed by atoms with Crippen LogP contribution >= 0.6 is 0 Å². The van der Waals surface area contributed by atoms with E-state index < -0.39 is 10.0 Å². The average molecular weight is 452 g/mol. The lowest BCUT2D eigenvalue weighted by Crippen LogP contribution is -2.36. The number of carbonyl (C=O) groups is 2. The summed E-state index contributed by atoms with van der Waals surface area (Å²) in [6.07, 6.45) is 0. The third kappa shape index (κ3) is 6.50. The van der Waals surface area contributed by atoms with Gasteiger partial charge < -0.3 is 10.6 Å². The van der Waals surface area contributed by atoms with Gasteiger partial charge in [0.1, 0.15) is 0 Å². The van der Waals surface area contributed by atoms with Crippen molar-refractivity contribution in [2.24, 2.45) is 0 Å². The lowest BCUT2D eigenvalue weighted by atomic mass is 10.0. The van der Waals surface area contributed by atoms with E-state index in [1.54, 1.807) is 36.4 Å². The van der Waals surface area contributed by atoms with Crippen molar-refractivity contribution in [3.63, 3.8) is 0 Å². The van der Waals surface area contributed by atoms with E-state index in [0.29, 0.717) is 16.7 Å². The molecule has 3 aromatic rings. The molecular formula is C24H25N3O4S. The van der Waals surface area contributed by atoms with Crippen molar-refractivity contribution in [2.75, 3.05) is 13.6 Å². The second kappa shape index (κ2) is 10.7. The number of sulfonamides is 1. The summed E-state index contributed by atoms with van der Waals surface area (Å²) in [5, 5.41) is 5.31. The van der Waals surface area contributed by atoms with E-state index in [1.807, 2.05) is 42.5 Å². The van der Waals surface area contributed by atoms with Crippen LogP contribution in [0.1, 0.15) is 21.5 Å². The molecule has 3 N–H and O–H groups in total. The van der Waals surface area contributed by atoms with Crippen LogP contribution in [0.15, 0.2) is 78.9 Å². The Morgan fingerprint density at radius 1 is 0.750 bits per heavy atom. The minimum Gasteiger partial charge on any atom is -0.350 e. The van der Waals surface area contributed by atoms with E-state index in [9.17, 15) is 18.0 Å². The molecule has 0 spiro atoms. The maximum Gasteiger partial charge on any atom is 0.251 e. The van der Waals surface area contributed by atoms with E-state index >= 15 is 0 Å². The minimum atomic E-state index is -3.43. The fourth-order valence-electron chi connectivity index (χ4n) is 3.11. The molecule has 0 fully saturated rings. The summed E-state index contributed by atoms with van der Waals surface area (Å²) < 4.78 is 25.9. The van der Waals surface area contributed by atoms with Gasteiger partial charge in [0.05, 0.1) is 12.3 Å². The van der Waals surface area contributed by atoms with Gasteiger partial charge in [-0.05, 0) is 41.4 Å². The van der Waals surface area contributed by atoms with E-state index in [-0.39, 0.29) is 30.7 Å². The highest BCUT2D eigenvalue weighted by Crippen LogP contribution is 2.19. The van der Waals surface area contributed by atoms with E-state index in [4.69, 9.17) is 0 Å². The van der Waals surface area contributed by atoms with E-state index in [0.717, 1.165) is 11.1 Å². The van der Waals surface area contributed by atoms with E-state index in [1.165, 1.54) is 7.05 Å². The van der Waals surface area contributed by atoms with Gasteiger partial charge in [-0.3, -0.25) is 9.59 Å². The average Bonchev–Trinajstić information content (AvgIpc) is 2.82. The first-order valence-electron chi connectivity index (χ1n) is 10.1. The first kappa shape index (κ1) is 23.2. The van der Waals surface area contributed by atoms with Gasteiger partial charge in [0.15, 0.2) is 0 Å². The molecule has 166 valence electrons. The molecule has 0 atom stereocenters. The minimum absolute atomic E-state index is 0.163. The van der Waals surface area contributed by atoms with Gasteiger partial charge in [0.2, 0.25) is 15.9 Å². The number of nitrogens with one attached hydrogen (secondary N) is 3. The van der Waals surface area contributed by atoms with Gasteiger partial charge in [-0.15, -0.1) is 0 Å². The second-order valence-corrected chi connectivity index (χ2v) is 9.06. The van der Waals surface area contributed by atoms with Crippen molar-refractivity contribution < 1.29 is 18.0 Å². The highest BCUT2D eigenvalue weighted by atomic mass is 32.2. The number of hydrogen-bond acceptors (Lipinski definition) is 4. The van der Waals surface area contributed by atoms with Crippen LogP contribution in [0.3, 0.4) is 0 Å². The maximum atomic E-state index is 12.4. The second-order valence-electron chi connectivity index (χ2n) is 7.13. The van der Waals surface area contributed by atoms with Gasteiger partial charge in [-0.1, -0.05) is 66.7 Å². The summed E-state index contributed by atoms with van der Waals surface area (Å²) in [5.74, 6) is -0.892. The standard InChI is InChI=1S/C24H25N3O4S/c1-25-32(30,31)17-22-10-6-5-9-21(22)15-26-23(28)16-27-24(29)20-13-11-19(12-14-20)18-7-3-2-4-8-18/h2-14,25H,15-17H2,1H3,(H,26,28)(H,27,29). The van der Waals surface area contributed by atoms with Crippen molar-refractivity contribution >= 4 is 21.8 Å². The molecule has 3 aromatic carbocycles. The monoisotopic (exact) mass is 451 g/mol. The molecule has 8 heteroatoms. The van der Waals surface area contributed by atoms with Gasteiger partial charge in [0.25, 0.3) is 5.91 Å². The zero-order valence-corrected chi connectivity index (χ0v) is 18.5. The van der Waals surface area contributed by atoms with Crippen molar-refractivity contribution in [1.29, 1.82) is 0 Å². The fourth-order valence-corrected chi connectivity index (χ4v) is 3.95. The largest absolute Gasteiger partial charge is 0.350 e. The quantitative estimate of drug-likeness (QED) is 0.465. The highest BCUT2D eigenvalue weighted by Gasteiger charge is 2.13. The van der Waals surface area contributed by atoms with Crippen LogP contribution in [0, 0.1) is 0 Å². The lowest BCUT2D eigenvalue weighted by molar-refractivity contribution is -0.120. The van der Waals surface area contributed by atoms with Crippen molar-refractivity contribution in [3.05, 3.63) is 95.6 Å². The predicted molar refractivity (Wildman–Crippen MR) is 124 cm³/mol. The number of carbonyl (C=O) groups excluding carboxylic acids is 2. The van der Waals surface area contributed by atoms with Gasteiger partial charge in [0, 0.05) is 12.1 Å². The highest BCUT2D eigenvalue weighted by molar-refractivity contribution is 7.88. The Labute approximate surface area is 187 Å². The zero-order chi connectivity index (χ0) is 23.0. The van der Waals surface area contributed by atoms with Crippen LogP contribution in [0.2, 0.25) is 0 Å². The molecule has 0 saturated carbocycles.